The van der Waals surface area contributed by atoms with E-state index in [9.17, 15) is 9.90 Å². The van der Waals surface area contributed by atoms with Gasteiger partial charge in [0.15, 0.2) is 0 Å². The standard InChI is InChI=1S/C17H25N3O4/c1-23-13-4-2-11(3-5-13)6-14-16(15(21)10-19-14)24-17(22)20-9-12-7-18-8-12/h2-5,12,14-16,18-19,21H,6-10H2,1H3,(H,20,22)/t14-,15+,16+/m1/s1. The lowest BCUT2D eigenvalue weighted by molar-refractivity contribution is 0.0183. The molecule has 0 radical (unpaired) electrons. The summed E-state index contributed by atoms with van der Waals surface area (Å²) in [5.41, 5.74) is 1.09. The van der Waals surface area contributed by atoms with Crippen molar-refractivity contribution < 1.29 is 19.4 Å². The molecule has 3 rings (SSSR count). The van der Waals surface area contributed by atoms with E-state index in [0.717, 1.165) is 24.4 Å². The van der Waals surface area contributed by atoms with Gasteiger partial charge in [-0.15, -0.1) is 0 Å². The van der Waals surface area contributed by atoms with Crippen LogP contribution in [-0.4, -0.2) is 62.7 Å². The van der Waals surface area contributed by atoms with E-state index in [1.54, 1.807) is 7.11 Å². The second kappa shape index (κ2) is 7.83. The first-order valence-electron chi connectivity index (χ1n) is 8.35. The number of aliphatic hydroxyl groups excluding tert-OH is 1. The molecule has 1 amide bonds. The van der Waals surface area contributed by atoms with Gasteiger partial charge in [-0.1, -0.05) is 12.1 Å². The van der Waals surface area contributed by atoms with E-state index in [1.165, 1.54) is 0 Å². The maximum atomic E-state index is 12.0. The first-order valence-corrected chi connectivity index (χ1v) is 8.35. The SMILES string of the molecule is COc1ccc(C[C@H]2NC[C@H](O)[C@H]2OC(=O)NCC2CNC2)cc1. The fourth-order valence-corrected chi connectivity index (χ4v) is 3.02. The van der Waals surface area contributed by atoms with Crippen LogP contribution >= 0.6 is 0 Å². The fraction of sp³-hybridized carbons (Fsp3) is 0.588. The van der Waals surface area contributed by atoms with Crippen molar-refractivity contribution in [3.63, 3.8) is 0 Å². The maximum Gasteiger partial charge on any atom is 0.407 e. The fourth-order valence-electron chi connectivity index (χ4n) is 3.02. The molecule has 2 heterocycles. The number of nitrogens with one attached hydrogen (secondary N) is 3. The molecule has 2 aliphatic heterocycles. The molecule has 1 aromatic carbocycles. The number of alkyl carbamates (subject to hydrolysis) is 1. The molecule has 2 aliphatic rings. The third-order valence-electron chi connectivity index (χ3n) is 4.62. The Morgan fingerprint density at radius 2 is 2.04 bits per heavy atom. The van der Waals surface area contributed by atoms with Crippen LogP contribution in [0.2, 0.25) is 0 Å². The zero-order valence-electron chi connectivity index (χ0n) is 13.8. The van der Waals surface area contributed by atoms with Gasteiger partial charge in [0, 0.05) is 32.1 Å². The predicted octanol–water partition coefficient (Wildman–Crippen LogP) is -0.115. The van der Waals surface area contributed by atoms with Gasteiger partial charge in [0.25, 0.3) is 0 Å². The van der Waals surface area contributed by atoms with Gasteiger partial charge in [0.1, 0.15) is 18.0 Å². The number of benzene rings is 1. The third kappa shape index (κ3) is 4.17. The Balaban J connectivity index is 1.52. The summed E-state index contributed by atoms with van der Waals surface area (Å²) in [6.07, 6.45) is -1.03. The molecule has 0 bridgehead atoms. The van der Waals surface area contributed by atoms with Crippen molar-refractivity contribution in [3.8, 4) is 5.75 Å². The molecule has 0 spiro atoms. The minimum atomic E-state index is -0.690. The summed E-state index contributed by atoms with van der Waals surface area (Å²) < 4.78 is 10.6. The van der Waals surface area contributed by atoms with Crippen LogP contribution in [0.4, 0.5) is 4.79 Å². The zero-order valence-corrected chi connectivity index (χ0v) is 13.8. The number of carbonyl (C=O) groups excluding carboxylic acids is 1. The molecular formula is C17H25N3O4. The Kier molecular flexibility index (Phi) is 5.55. The van der Waals surface area contributed by atoms with Crippen LogP contribution in [0.5, 0.6) is 5.75 Å². The maximum absolute atomic E-state index is 12.0. The lowest BCUT2D eigenvalue weighted by atomic mass is 10.0. The highest BCUT2D eigenvalue weighted by molar-refractivity contribution is 5.67. The van der Waals surface area contributed by atoms with Crippen LogP contribution in [0.25, 0.3) is 0 Å². The van der Waals surface area contributed by atoms with Crippen molar-refractivity contribution in [2.75, 3.05) is 33.3 Å². The number of β-amino-alcohol motifs (C(OH)–C–C–N with tert-alkyl or cyclic N) is 1. The van der Waals surface area contributed by atoms with E-state index in [4.69, 9.17) is 9.47 Å². The summed E-state index contributed by atoms with van der Waals surface area (Å²) in [6.45, 7) is 2.87. The number of carbonyl (C=O) groups is 1. The second-order valence-electron chi connectivity index (χ2n) is 6.41. The van der Waals surface area contributed by atoms with Gasteiger partial charge in [-0.25, -0.2) is 4.79 Å². The molecule has 4 N–H and O–H groups in total. The monoisotopic (exact) mass is 335 g/mol. The van der Waals surface area contributed by atoms with Crippen LogP contribution in [0.3, 0.4) is 0 Å². The highest BCUT2D eigenvalue weighted by atomic mass is 16.6. The highest BCUT2D eigenvalue weighted by Crippen LogP contribution is 2.19. The molecule has 0 aromatic heterocycles. The van der Waals surface area contributed by atoms with Crippen LogP contribution in [0.1, 0.15) is 5.56 Å². The molecule has 132 valence electrons. The zero-order chi connectivity index (χ0) is 16.9. The van der Waals surface area contributed by atoms with Crippen molar-refractivity contribution in [1.82, 2.24) is 16.0 Å². The van der Waals surface area contributed by atoms with Crippen LogP contribution < -0.4 is 20.7 Å². The predicted molar refractivity (Wildman–Crippen MR) is 89.1 cm³/mol. The van der Waals surface area contributed by atoms with Gasteiger partial charge < -0.3 is 30.5 Å². The van der Waals surface area contributed by atoms with Gasteiger partial charge in [0.05, 0.1) is 13.2 Å². The second-order valence-corrected chi connectivity index (χ2v) is 6.41. The summed E-state index contributed by atoms with van der Waals surface area (Å²) in [5, 5.41) is 19.3. The van der Waals surface area contributed by atoms with Gasteiger partial charge >= 0.3 is 6.09 Å². The lowest BCUT2D eigenvalue weighted by Gasteiger charge is -2.28. The quantitative estimate of drug-likeness (QED) is 0.580. The van der Waals surface area contributed by atoms with Crippen molar-refractivity contribution >= 4 is 6.09 Å². The molecule has 24 heavy (non-hydrogen) atoms. The molecule has 0 saturated carbocycles. The number of aliphatic hydroxyl groups is 1. The van der Waals surface area contributed by atoms with Gasteiger partial charge in [-0.2, -0.15) is 0 Å². The Morgan fingerprint density at radius 1 is 1.29 bits per heavy atom. The van der Waals surface area contributed by atoms with Gasteiger partial charge in [0.2, 0.25) is 0 Å². The number of methoxy groups -OCH3 is 1. The van der Waals surface area contributed by atoms with Crippen LogP contribution in [0.15, 0.2) is 24.3 Å². The number of rotatable bonds is 6. The Morgan fingerprint density at radius 3 is 2.67 bits per heavy atom. The minimum absolute atomic E-state index is 0.107. The molecule has 3 atom stereocenters. The summed E-state index contributed by atoms with van der Waals surface area (Å²) in [6, 6.07) is 7.65. The third-order valence-corrected chi connectivity index (χ3v) is 4.62. The van der Waals surface area contributed by atoms with E-state index in [1.807, 2.05) is 24.3 Å². The molecule has 7 heteroatoms. The molecule has 1 aromatic rings. The summed E-state index contributed by atoms with van der Waals surface area (Å²) >= 11 is 0. The molecular weight excluding hydrogens is 310 g/mol. The topological polar surface area (TPSA) is 91.8 Å². The number of hydrogen-bond donors (Lipinski definition) is 4. The van der Waals surface area contributed by atoms with E-state index >= 15 is 0 Å². The average Bonchev–Trinajstić information content (AvgIpc) is 2.87. The Bertz CT molecular complexity index is 547. The van der Waals surface area contributed by atoms with Gasteiger partial charge in [-0.3, -0.25) is 0 Å². The number of hydrogen-bond acceptors (Lipinski definition) is 6. The van der Waals surface area contributed by atoms with Crippen molar-refractivity contribution in [2.24, 2.45) is 5.92 Å². The van der Waals surface area contributed by atoms with Crippen molar-refractivity contribution in [2.45, 2.75) is 24.7 Å². The lowest BCUT2D eigenvalue weighted by Crippen LogP contribution is -2.49. The summed E-state index contributed by atoms with van der Waals surface area (Å²) in [7, 11) is 1.63. The number of ether oxygens (including phenoxy) is 2. The minimum Gasteiger partial charge on any atom is -0.497 e. The van der Waals surface area contributed by atoms with Crippen molar-refractivity contribution in [3.05, 3.63) is 29.8 Å². The molecule has 2 saturated heterocycles. The normalized spacial score (nSPS) is 26.7. The smallest absolute Gasteiger partial charge is 0.407 e. The van der Waals surface area contributed by atoms with Crippen LogP contribution in [-0.2, 0) is 11.2 Å². The van der Waals surface area contributed by atoms with Gasteiger partial charge in [-0.05, 0) is 24.1 Å². The molecule has 0 aliphatic carbocycles. The average molecular weight is 335 g/mol. The largest absolute Gasteiger partial charge is 0.497 e. The van der Waals surface area contributed by atoms with E-state index in [0.29, 0.717) is 25.4 Å². The first kappa shape index (κ1) is 17.0. The Hall–Kier alpha value is -1.83. The van der Waals surface area contributed by atoms with Crippen LogP contribution in [0, 0.1) is 5.92 Å². The molecule has 2 fully saturated rings. The first-order chi connectivity index (χ1) is 11.7. The number of amides is 1. The summed E-state index contributed by atoms with van der Waals surface area (Å²) in [5.74, 6) is 1.27. The van der Waals surface area contributed by atoms with E-state index in [-0.39, 0.29) is 6.04 Å². The van der Waals surface area contributed by atoms with E-state index < -0.39 is 18.3 Å². The molecule has 0 unspecified atom stereocenters. The highest BCUT2D eigenvalue weighted by Gasteiger charge is 2.37. The summed E-state index contributed by atoms with van der Waals surface area (Å²) in [4.78, 5) is 12.0. The Labute approximate surface area is 141 Å². The molecule has 7 nitrogen and oxygen atoms in total. The van der Waals surface area contributed by atoms with Crippen molar-refractivity contribution in [1.29, 1.82) is 0 Å². The van der Waals surface area contributed by atoms with E-state index in [2.05, 4.69) is 16.0 Å².